The van der Waals surface area contributed by atoms with Crippen LogP contribution in [0.15, 0.2) is 22.7 Å². The number of hydrogen-bond acceptors (Lipinski definition) is 4. The third-order valence-corrected chi connectivity index (χ3v) is 3.07. The van der Waals surface area contributed by atoms with E-state index in [1.54, 1.807) is 0 Å². The highest BCUT2D eigenvalue weighted by Gasteiger charge is 2.15. The minimum atomic E-state index is 0.344. The number of hydrogen-bond donors (Lipinski definition) is 2. The van der Waals surface area contributed by atoms with E-state index in [4.69, 9.17) is 9.15 Å². The molecule has 2 N–H and O–H groups in total. The number of imidazole rings is 1. The van der Waals surface area contributed by atoms with Gasteiger partial charge in [0.2, 0.25) is 0 Å². The highest BCUT2D eigenvalue weighted by Crippen LogP contribution is 2.20. The third-order valence-electron chi connectivity index (χ3n) is 3.07. The molecule has 3 rings (SSSR count). The van der Waals surface area contributed by atoms with Gasteiger partial charge in [0.1, 0.15) is 17.3 Å². The second-order valence-electron chi connectivity index (χ2n) is 4.58. The number of aromatic nitrogens is 2. The first-order chi connectivity index (χ1) is 8.81. The lowest BCUT2D eigenvalue weighted by Gasteiger charge is -2.22. The molecule has 1 atom stereocenters. The summed E-state index contributed by atoms with van der Waals surface area (Å²) in [4.78, 5) is 7.67. The molecule has 2 aromatic heterocycles. The van der Waals surface area contributed by atoms with Gasteiger partial charge in [0.25, 0.3) is 0 Å². The summed E-state index contributed by atoms with van der Waals surface area (Å²) in [5.41, 5.74) is 0.926. The highest BCUT2D eigenvalue weighted by molar-refractivity contribution is 5.51. The number of aromatic amines is 1. The molecule has 1 fully saturated rings. The monoisotopic (exact) mass is 247 g/mol. The van der Waals surface area contributed by atoms with Crippen molar-refractivity contribution in [1.82, 2.24) is 15.3 Å². The Bertz CT molecular complexity index is 512. The van der Waals surface area contributed by atoms with Crippen LogP contribution < -0.4 is 5.32 Å². The van der Waals surface area contributed by atoms with Crippen molar-refractivity contribution >= 4 is 0 Å². The van der Waals surface area contributed by atoms with Gasteiger partial charge in [-0.25, -0.2) is 4.98 Å². The number of aryl methyl sites for hydroxylation is 1. The van der Waals surface area contributed by atoms with Crippen molar-refractivity contribution in [3.05, 3.63) is 29.9 Å². The van der Waals surface area contributed by atoms with Gasteiger partial charge in [0.15, 0.2) is 5.76 Å². The Morgan fingerprint density at radius 1 is 1.44 bits per heavy atom. The van der Waals surface area contributed by atoms with Crippen LogP contribution in [0.3, 0.4) is 0 Å². The van der Waals surface area contributed by atoms with Gasteiger partial charge in [0, 0.05) is 19.0 Å². The summed E-state index contributed by atoms with van der Waals surface area (Å²) in [6.45, 7) is 4.39. The van der Waals surface area contributed by atoms with Gasteiger partial charge in [-0.2, -0.15) is 0 Å². The smallest absolute Gasteiger partial charge is 0.152 e. The summed E-state index contributed by atoms with van der Waals surface area (Å²) in [5.74, 6) is 2.70. The molecule has 0 bridgehead atoms. The van der Waals surface area contributed by atoms with E-state index in [-0.39, 0.29) is 0 Å². The van der Waals surface area contributed by atoms with E-state index >= 15 is 0 Å². The molecule has 0 amide bonds. The minimum Gasteiger partial charge on any atom is -0.460 e. The first kappa shape index (κ1) is 11.5. The highest BCUT2D eigenvalue weighted by atomic mass is 16.5. The average Bonchev–Trinajstić information content (AvgIpc) is 2.99. The van der Waals surface area contributed by atoms with Crippen LogP contribution in [0.1, 0.15) is 11.6 Å². The summed E-state index contributed by atoms with van der Waals surface area (Å²) in [5, 5.41) is 3.41. The molecule has 96 valence electrons. The Hall–Kier alpha value is -1.59. The van der Waals surface area contributed by atoms with Gasteiger partial charge >= 0.3 is 0 Å². The number of rotatable bonds is 3. The fourth-order valence-electron chi connectivity index (χ4n) is 2.15. The zero-order chi connectivity index (χ0) is 12.4. The van der Waals surface area contributed by atoms with Crippen molar-refractivity contribution in [2.75, 3.05) is 19.8 Å². The Balaban J connectivity index is 1.69. The quantitative estimate of drug-likeness (QED) is 0.863. The van der Waals surface area contributed by atoms with Crippen LogP contribution in [0.2, 0.25) is 0 Å². The zero-order valence-electron chi connectivity index (χ0n) is 10.4. The van der Waals surface area contributed by atoms with Crippen molar-refractivity contribution in [2.45, 2.75) is 19.4 Å². The maximum Gasteiger partial charge on any atom is 0.152 e. The Labute approximate surface area is 106 Å². The molecular weight excluding hydrogens is 230 g/mol. The average molecular weight is 247 g/mol. The van der Waals surface area contributed by atoms with Gasteiger partial charge in [-0.05, 0) is 19.1 Å². The standard InChI is InChI=1S/C13H17N3O2/c1-9-2-3-12(18-9)11-7-15-13(16-11)6-10-8-17-5-4-14-10/h2-3,7,10,14H,4-6,8H2,1H3,(H,15,16). The Morgan fingerprint density at radius 2 is 2.39 bits per heavy atom. The van der Waals surface area contributed by atoms with Gasteiger partial charge in [-0.3, -0.25) is 0 Å². The Kier molecular flexibility index (Phi) is 3.17. The number of nitrogens with one attached hydrogen (secondary N) is 2. The first-order valence-electron chi connectivity index (χ1n) is 6.23. The number of nitrogens with zero attached hydrogens (tertiary/aromatic N) is 1. The van der Waals surface area contributed by atoms with Crippen molar-refractivity contribution < 1.29 is 9.15 Å². The fraction of sp³-hybridized carbons (Fsp3) is 0.462. The van der Waals surface area contributed by atoms with Gasteiger partial charge in [-0.1, -0.05) is 0 Å². The predicted octanol–water partition coefficient (Wildman–Crippen LogP) is 1.51. The lowest BCUT2D eigenvalue weighted by Crippen LogP contribution is -2.42. The van der Waals surface area contributed by atoms with E-state index < -0.39 is 0 Å². The van der Waals surface area contributed by atoms with Gasteiger partial charge < -0.3 is 19.5 Å². The first-order valence-corrected chi connectivity index (χ1v) is 6.23. The second-order valence-corrected chi connectivity index (χ2v) is 4.58. The number of furan rings is 1. The third kappa shape index (κ3) is 2.47. The van der Waals surface area contributed by atoms with E-state index in [0.29, 0.717) is 6.04 Å². The summed E-state index contributed by atoms with van der Waals surface area (Å²) in [6, 6.07) is 4.25. The minimum absolute atomic E-state index is 0.344. The molecule has 1 aliphatic heterocycles. The molecule has 1 saturated heterocycles. The zero-order valence-corrected chi connectivity index (χ0v) is 10.4. The predicted molar refractivity (Wildman–Crippen MR) is 67.3 cm³/mol. The van der Waals surface area contributed by atoms with Crippen LogP contribution in [-0.2, 0) is 11.2 Å². The summed E-state index contributed by atoms with van der Waals surface area (Å²) in [7, 11) is 0. The largest absolute Gasteiger partial charge is 0.460 e. The molecule has 2 aromatic rings. The second kappa shape index (κ2) is 4.96. The molecule has 0 saturated carbocycles. The number of morpholine rings is 1. The lowest BCUT2D eigenvalue weighted by molar-refractivity contribution is 0.0764. The molecule has 18 heavy (non-hydrogen) atoms. The molecule has 0 aliphatic carbocycles. The van der Waals surface area contributed by atoms with Gasteiger partial charge in [0.05, 0.1) is 19.4 Å². The van der Waals surface area contributed by atoms with Crippen molar-refractivity contribution in [3.63, 3.8) is 0 Å². The van der Waals surface area contributed by atoms with Crippen LogP contribution in [0, 0.1) is 6.92 Å². The molecule has 0 aromatic carbocycles. The van der Waals surface area contributed by atoms with Crippen molar-refractivity contribution in [1.29, 1.82) is 0 Å². The van der Waals surface area contributed by atoms with E-state index in [1.807, 2.05) is 25.3 Å². The molecule has 5 nitrogen and oxygen atoms in total. The number of ether oxygens (including phenoxy) is 1. The van der Waals surface area contributed by atoms with Crippen LogP contribution >= 0.6 is 0 Å². The molecular formula is C13H17N3O2. The Morgan fingerprint density at radius 3 is 3.11 bits per heavy atom. The van der Waals surface area contributed by atoms with Crippen LogP contribution in [0.4, 0.5) is 0 Å². The van der Waals surface area contributed by atoms with Gasteiger partial charge in [-0.15, -0.1) is 0 Å². The molecule has 1 aliphatic rings. The summed E-state index contributed by atoms with van der Waals surface area (Å²) >= 11 is 0. The number of H-pyrrole nitrogens is 1. The van der Waals surface area contributed by atoms with Crippen LogP contribution in [0.25, 0.3) is 11.5 Å². The van der Waals surface area contributed by atoms with Crippen LogP contribution in [-0.4, -0.2) is 35.8 Å². The molecule has 3 heterocycles. The van der Waals surface area contributed by atoms with Crippen molar-refractivity contribution in [2.24, 2.45) is 0 Å². The maximum absolute atomic E-state index is 5.56. The van der Waals surface area contributed by atoms with E-state index in [2.05, 4.69) is 15.3 Å². The van der Waals surface area contributed by atoms with E-state index in [9.17, 15) is 0 Å². The topological polar surface area (TPSA) is 63.1 Å². The molecule has 0 radical (unpaired) electrons. The molecule has 0 spiro atoms. The summed E-state index contributed by atoms with van der Waals surface area (Å²) in [6.07, 6.45) is 2.66. The lowest BCUT2D eigenvalue weighted by atomic mass is 10.2. The molecule has 1 unspecified atom stereocenters. The summed E-state index contributed by atoms with van der Waals surface area (Å²) < 4.78 is 11.0. The van der Waals surface area contributed by atoms with Crippen molar-refractivity contribution in [3.8, 4) is 11.5 Å². The SMILES string of the molecule is Cc1ccc(-c2cnc(CC3COCCN3)[nH]2)o1. The van der Waals surface area contributed by atoms with Crippen LogP contribution in [0.5, 0.6) is 0 Å². The maximum atomic E-state index is 5.56. The molecule has 5 heteroatoms. The van der Waals surface area contributed by atoms with E-state index in [0.717, 1.165) is 49.2 Å². The fourth-order valence-corrected chi connectivity index (χ4v) is 2.15. The normalized spacial score (nSPS) is 20.2. The van der Waals surface area contributed by atoms with E-state index in [1.165, 1.54) is 0 Å².